The lowest BCUT2D eigenvalue weighted by atomic mass is 10.2. The number of hydrogen-bond donors (Lipinski definition) is 0. The first-order valence-electron chi connectivity index (χ1n) is 7.54. The highest BCUT2D eigenvalue weighted by atomic mass is 32.2. The maximum Gasteiger partial charge on any atom is 0.415 e. The van der Waals surface area contributed by atoms with E-state index in [1.807, 2.05) is 0 Å². The Kier molecular flexibility index (Phi) is 4.62. The summed E-state index contributed by atoms with van der Waals surface area (Å²) in [5, 5.41) is 4.38. The van der Waals surface area contributed by atoms with Gasteiger partial charge in [-0.25, -0.2) is 8.42 Å². The third kappa shape index (κ3) is 3.90. The van der Waals surface area contributed by atoms with Crippen molar-refractivity contribution >= 4 is 10.0 Å². The van der Waals surface area contributed by atoms with Crippen LogP contribution in [0.5, 0.6) is 0 Å². The van der Waals surface area contributed by atoms with Gasteiger partial charge in [0.1, 0.15) is 0 Å². The second kappa shape index (κ2) is 6.28. The SMILES string of the molecule is CS(=O)(=O)N1CCn2nc(CN3CCO[C@@H](C(F)(F)F)C3)cc2C1. The van der Waals surface area contributed by atoms with E-state index in [-0.39, 0.29) is 26.2 Å². The van der Waals surface area contributed by atoms with E-state index in [9.17, 15) is 21.6 Å². The first-order valence-corrected chi connectivity index (χ1v) is 9.39. The van der Waals surface area contributed by atoms with Crippen molar-refractivity contribution in [2.75, 3.05) is 32.5 Å². The molecule has 3 rings (SSSR count). The normalized spacial score (nSPS) is 24.1. The first kappa shape index (κ1) is 17.6. The Balaban J connectivity index is 1.66. The summed E-state index contributed by atoms with van der Waals surface area (Å²) in [5.74, 6) is 0. The van der Waals surface area contributed by atoms with E-state index >= 15 is 0 Å². The summed E-state index contributed by atoms with van der Waals surface area (Å²) in [5.41, 5.74) is 1.39. The summed E-state index contributed by atoms with van der Waals surface area (Å²) in [4.78, 5) is 1.66. The summed E-state index contributed by atoms with van der Waals surface area (Å²) in [7, 11) is -3.27. The quantitative estimate of drug-likeness (QED) is 0.774. The molecule has 0 saturated carbocycles. The number of morpholine rings is 1. The van der Waals surface area contributed by atoms with Crippen LogP contribution in [0.3, 0.4) is 0 Å². The van der Waals surface area contributed by atoms with Crippen molar-refractivity contribution in [3.8, 4) is 0 Å². The largest absolute Gasteiger partial charge is 0.415 e. The van der Waals surface area contributed by atoms with Crippen molar-refractivity contribution < 1.29 is 26.3 Å². The van der Waals surface area contributed by atoms with Gasteiger partial charge in [0, 0.05) is 26.2 Å². The highest BCUT2D eigenvalue weighted by Crippen LogP contribution is 2.26. The van der Waals surface area contributed by atoms with Crippen molar-refractivity contribution in [1.82, 2.24) is 19.0 Å². The molecule has 0 bridgehead atoms. The Labute approximate surface area is 138 Å². The molecule has 0 amide bonds. The Morgan fingerprint density at radius 2 is 2.08 bits per heavy atom. The van der Waals surface area contributed by atoms with Crippen molar-refractivity contribution in [2.24, 2.45) is 0 Å². The molecule has 1 fully saturated rings. The monoisotopic (exact) mass is 368 g/mol. The van der Waals surface area contributed by atoms with Crippen LogP contribution in [0.2, 0.25) is 0 Å². The standard InChI is InChI=1S/C13H19F3N4O3S/c1-24(21,22)19-2-3-20-11(8-19)6-10(17-20)7-18-4-5-23-12(9-18)13(14,15)16/h6,12H,2-5,7-9H2,1H3/t12-/m1/s1. The molecule has 1 atom stereocenters. The number of fused-ring (bicyclic) bond motifs is 1. The van der Waals surface area contributed by atoms with E-state index < -0.39 is 22.3 Å². The minimum Gasteiger partial charge on any atom is -0.366 e. The minimum atomic E-state index is -4.37. The number of ether oxygens (including phenoxy) is 1. The van der Waals surface area contributed by atoms with E-state index in [2.05, 4.69) is 5.10 Å². The molecule has 1 aromatic heterocycles. The maximum atomic E-state index is 12.8. The van der Waals surface area contributed by atoms with E-state index in [4.69, 9.17) is 4.74 Å². The van der Waals surface area contributed by atoms with Crippen LogP contribution in [0.15, 0.2) is 6.07 Å². The average Bonchev–Trinajstić information content (AvgIpc) is 2.87. The predicted octanol–water partition coefficient (Wildman–Crippen LogP) is 0.421. The number of nitrogens with zero attached hydrogens (tertiary/aromatic N) is 4. The van der Waals surface area contributed by atoms with Crippen LogP contribution in [0.4, 0.5) is 13.2 Å². The van der Waals surface area contributed by atoms with Gasteiger partial charge in [0.25, 0.3) is 0 Å². The number of halogens is 3. The van der Waals surface area contributed by atoms with Gasteiger partial charge in [0.05, 0.1) is 37.3 Å². The third-order valence-electron chi connectivity index (χ3n) is 4.18. The van der Waals surface area contributed by atoms with Crippen molar-refractivity contribution in [1.29, 1.82) is 0 Å². The average molecular weight is 368 g/mol. The van der Waals surface area contributed by atoms with Crippen LogP contribution in [0.1, 0.15) is 11.4 Å². The van der Waals surface area contributed by atoms with Crippen LogP contribution in [-0.4, -0.2) is 72.2 Å². The molecule has 1 aromatic rings. The van der Waals surface area contributed by atoms with Crippen LogP contribution in [0.25, 0.3) is 0 Å². The third-order valence-corrected chi connectivity index (χ3v) is 5.43. The molecule has 0 aliphatic carbocycles. The van der Waals surface area contributed by atoms with Gasteiger partial charge in [0.15, 0.2) is 6.10 Å². The Hall–Kier alpha value is -1.17. The highest BCUT2D eigenvalue weighted by Gasteiger charge is 2.43. The fourth-order valence-corrected chi connectivity index (χ4v) is 3.72. The molecule has 2 aliphatic heterocycles. The lowest BCUT2D eigenvalue weighted by molar-refractivity contribution is -0.237. The maximum absolute atomic E-state index is 12.8. The fraction of sp³-hybridized carbons (Fsp3) is 0.769. The van der Waals surface area contributed by atoms with Crippen molar-refractivity contribution in [2.45, 2.75) is 31.9 Å². The van der Waals surface area contributed by atoms with E-state index in [0.717, 1.165) is 11.9 Å². The van der Waals surface area contributed by atoms with Crippen molar-refractivity contribution in [3.05, 3.63) is 17.5 Å². The molecule has 0 spiro atoms. The molecule has 136 valence electrons. The summed E-state index contributed by atoms with van der Waals surface area (Å²) in [6.45, 7) is 1.53. The van der Waals surface area contributed by atoms with Gasteiger partial charge in [-0.3, -0.25) is 9.58 Å². The molecule has 0 aromatic carbocycles. The molecule has 7 nitrogen and oxygen atoms in total. The molecular formula is C13H19F3N4O3S. The van der Waals surface area contributed by atoms with E-state index in [1.54, 1.807) is 15.6 Å². The van der Waals surface area contributed by atoms with Crippen LogP contribution in [0, 0.1) is 0 Å². The van der Waals surface area contributed by atoms with E-state index in [1.165, 1.54) is 4.31 Å². The molecule has 1 saturated heterocycles. The Morgan fingerprint density at radius 1 is 1.33 bits per heavy atom. The molecule has 0 N–H and O–H groups in total. The van der Waals surface area contributed by atoms with Crippen LogP contribution in [-0.2, 0) is 34.4 Å². The Bertz CT molecular complexity index is 704. The molecule has 24 heavy (non-hydrogen) atoms. The summed E-state index contributed by atoms with van der Waals surface area (Å²) in [6, 6.07) is 1.76. The summed E-state index contributed by atoms with van der Waals surface area (Å²) < 4.78 is 69.4. The first-order chi connectivity index (χ1) is 11.1. The van der Waals surface area contributed by atoms with Gasteiger partial charge >= 0.3 is 6.18 Å². The van der Waals surface area contributed by atoms with Gasteiger partial charge < -0.3 is 4.74 Å². The zero-order chi connectivity index (χ0) is 17.5. The number of alkyl halides is 3. The zero-order valence-corrected chi connectivity index (χ0v) is 14.0. The zero-order valence-electron chi connectivity index (χ0n) is 13.2. The predicted molar refractivity (Wildman–Crippen MR) is 78.6 cm³/mol. The number of aromatic nitrogens is 2. The second-order valence-corrected chi connectivity index (χ2v) is 8.07. The smallest absolute Gasteiger partial charge is 0.366 e. The van der Waals surface area contributed by atoms with Crippen molar-refractivity contribution in [3.63, 3.8) is 0 Å². The molecule has 0 unspecified atom stereocenters. The molecule has 11 heteroatoms. The van der Waals surface area contributed by atoms with E-state index in [0.29, 0.717) is 25.3 Å². The number of sulfonamides is 1. The summed E-state index contributed by atoms with van der Waals surface area (Å²) in [6.07, 6.45) is -4.99. The summed E-state index contributed by atoms with van der Waals surface area (Å²) >= 11 is 0. The topological polar surface area (TPSA) is 67.7 Å². The van der Waals surface area contributed by atoms with Crippen LogP contribution < -0.4 is 0 Å². The fourth-order valence-electron chi connectivity index (χ4n) is 2.94. The Morgan fingerprint density at radius 3 is 2.75 bits per heavy atom. The second-order valence-electron chi connectivity index (χ2n) is 6.08. The lowest BCUT2D eigenvalue weighted by Crippen LogP contribution is -2.48. The van der Waals surface area contributed by atoms with Crippen LogP contribution >= 0.6 is 0 Å². The van der Waals surface area contributed by atoms with Gasteiger partial charge in [-0.05, 0) is 6.07 Å². The lowest BCUT2D eigenvalue weighted by Gasteiger charge is -2.33. The highest BCUT2D eigenvalue weighted by molar-refractivity contribution is 7.88. The molecular weight excluding hydrogens is 349 g/mol. The molecule has 2 aliphatic rings. The van der Waals surface area contributed by atoms with Gasteiger partial charge in [-0.2, -0.15) is 22.6 Å². The number of rotatable bonds is 3. The minimum absolute atomic E-state index is 0.0274. The molecule has 3 heterocycles. The van der Waals surface area contributed by atoms with Gasteiger partial charge in [-0.1, -0.05) is 0 Å². The molecule has 0 radical (unpaired) electrons. The van der Waals surface area contributed by atoms with Gasteiger partial charge in [0.2, 0.25) is 10.0 Å². The number of hydrogen-bond acceptors (Lipinski definition) is 5. The van der Waals surface area contributed by atoms with Gasteiger partial charge in [-0.15, -0.1) is 0 Å².